The maximum atomic E-state index is 12.0. The molecule has 1 aliphatic rings. The highest BCUT2D eigenvalue weighted by molar-refractivity contribution is 5.81. The van der Waals surface area contributed by atoms with E-state index in [1.165, 1.54) is 0 Å². The summed E-state index contributed by atoms with van der Waals surface area (Å²) in [4.78, 5) is 14.0. The maximum Gasteiger partial charge on any atom is 0.238 e. The van der Waals surface area contributed by atoms with Crippen molar-refractivity contribution < 1.29 is 9.53 Å². The number of nitrogens with one attached hydrogen (secondary N) is 1. The van der Waals surface area contributed by atoms with Crippen LogP contribution in [-0.4, -0.2) is 31.0 Å². The molecule has 104 valence electrons. The van der Waals surface area contributed by atoms with Gasteiger partial charge in [0.2, 0.25) is 5.91 Å². The van der Waals surface area contributed by atoms with E-state index >= 15 is 0 Å². The third-order valence-electron chi connectivity index (χ3n) is 3.72. The Kier molecular flexibility index (Phi) is 4.43. The minimum atomic E-state index is -0.0716. The molecule has 4 nitrogen and oxygen atoms in total. The Bertz CT molecular complexity index is 448. The Labute approximate surface area is 114 Å². The lowest BCUT2D eigenvalue weighted by atomic mass is 10.1. The van der Waals surface area contributed by atoms with Gasteiger partial charge in [-0.1, -0.05) is 38.5 Å². The Morgan fingerprint density at radius 1 is 1.47 bits per heavy atom. The Balaban J connectivity index is 2.24. The van der Waals surface area contributed by atoms with Crippen LogP contribution in [0.15, 0.2) is 24.3 Å². The summed E-state index contributed by atoms with van der Waals surface area (Å²) in [6, 6.07) is 7.86. The lowest BCUT2D eigenvalue weighted by Gasteiger charge is -2.28. The summed E-state index contributed by atoms with van der Waals surface area (Å²) in [6.07, 6.45) is 1.00. The van der Waals surface area contributed by atoms with Gasteiger partial charge in [0.05, 0.1) is 13.7 Å². The first-order valence-corrected chi connectivity index (χ1v) is 6.83. The van der Waals surface area contributed by atoms with Crippen molar-refractivity contribution in [2.24, 2.45) is 5.92 Å². The molecule has 1 amide bonds. The highest BCUT2D eigenvalue weighted by atomic mass is 16.5. The van der Waals surface area contributed by atoms with Gasteiger partial charge in [-0.2, -0.15) is 0 Å². The molecule has 1 aromatic rings. The van der Waals surface area contributed by atoms with Crippen molar-refractivity contribution in [2.45, 2.75) is 26.4 Å². The number of carbonyl (C=O) groups is 1. The molecule has 2 rings (SSSR count). The normalized spacial score (nSPS) is 20.7. The van der Waals surface area contributed by atoms with E-state index < -0.39 is 0 Å². The molecular weight excluding hydrogens is 240 g/mol. The predicted octanol–water partition coefficient (Wildman–Crippen LogP) is 2.17. The molecule has 19 heavy (non-hydrogen) atoms. The quantitative estimate of drug-likeness (QED) is 0.884. The van der Waals surface area contributed by atoms with E-state index in [0.29, 0.717) is 12.5 Å². The fourth-order valence-electron chi connectivity index (χ4n) is 2.38. The number of methoxy groups -OCH3 is 1. The van der Waals surface area contributed by atoms with E-state index in [-0.39, 0.29) is 12.1 Å². The number of benzene rings is 1. The van der Waals surface area contributed by atoms with Crippen LogP contribution < -0.4 is 10.1 Å². The van der Waals surface area contributed by atoms with E-state index in [1.807, 2.05) is 29.2 Å². The molecule has 1 fully saturated rings. The van der Waals surface area contributed by atoms with Crippen LogP contribution in [0.1, 0.15) is 32.0 Å². The van der Waals surface area contributed by atoms with Crippen molar-refractivity contribution >= 4 is 5.91 Å². The SMILES string of the molecule is CCC(C)CN1C(=O)CNC1c1ccccc1OC. The number of para-hydroxylation sites is 1. The second-order valence-corrected chi connectivity index (χ2v) is 5.08. The molecule has 2 atom stereocenters. The van der Waals surface area contributed by atoms with Crippen molar-refractivity contribution in [3.05, 3.63) is 29.8 Å². The average molecular weight is 262 g/mol. The number of ether oxygens (including phenoxy) is 1. The second-order valence-electron chi connectivity index (χ2n) is 5.08. The van der Waals surface area contributed by atoms with Crippen LogP contribution in [0.3, 0.4) is 0 Å². The lowest BCUT2D eigenvalue weighted by molar-refractivity contribution is -0.128. The highest BCUT2D eigenvalue weighted by Crippen LogP contribution is 2.30. The molecule has 1 aliphatic heterocycles. The average Bonchev–Trinajstić information content (AvgIpc) is 2.80. The number of hydrogen-bond donors (Lipinski definition) is 1. The van der Waals surface area contributed by atoms with E-state index in [0.717, 1.165) is 24.3 Å². The van der Waals surface area contributed by atoms with Gasteiger partial charge in [-0.3, -0.25) is 10.1 Å². The van der Waals surface area contributed by atoms with Gasteiger partial charge in [-0.05, 0) is 12.0 Å². The third-order valence-corrected chi connectivity index (χ3v) is 3.72. The van der Waals surface area contributed by atoms with Gasteiger partial charge in [0.15, 0.2) is 0 Å². The van der Waals surface area contributed by atoms with Crippen LogP contribution >= 0.6 is 0 Å². The standard InChI is InChI=1S/C15H22N2O2/c1-4-11(2)10-17-14(18)9-16-15(17)12-7-5-6-8-13(12)19-3/h5-8,11,15-16H,4,9-10H2,1-3H3. The number of hydrogen-bond acceptors (Lipinski definition) is 3. The molecule has 2 unspecified atom stereocenters. The molecule has 1 aromatic carbocycles. The Hall–Kier alpha value is -1.55. The van der Waals surface area contributed by atoms with Crippen LogP contribution in [0.5, 0.6) is 5.75 Å². The molecular formula is C15H22N2O2. The summed E-state index contributed by atoms with van der Waals surface area (Å²) in [5, 5.41) is 3.27. The molecule has 0 bridgehead atoms. The van der Waals surface area contributed by atoms with Gasteiger partial charge >= 0.3 is 0 Å². The first kappa shape index (κ1) is 13.9. The molecule has 0 spiro atoms. The van der Waals surface area contributed by atoms with E-state index in [4.69, 9.17) is 4.74 Å². The van der Waals surface area contributed by atoms with Crippen molar-refractivity contribution in [3.8, 4) is 5.75 Å². The summed E-state index contributed by atoms with van der Waals surface area (Å²) in [7, 11) is 1.66. The number of nitrogens with zero attached hydrogens (tertiary/aromatic N) is 1. The zero-order valence-corrected chi connectivity index (χ0v) is 11.8. The van der Waals surface area contributed by atoms with Crippen LogP contribution in [0.2, 0.25) is 0 Å². The summed E-state index contributed by atoms with van der Waals surface area (Å²) in [5.41, 5.74) is 1.03. The van der Waals surface area contributed by atoms with Crippen LogP contribution in [-0.2, 0) is 4.79 Å². The summed E-state index contributed by atoms with van der Waals surface area (Å²) < 4.78 is 5.39. The predicted molar refractivity (Wildman–Crippen MR) is 74.9 cm³/mol. The van der Waals surface area contributed by atoms with Gasteiger partial charge in [-0.25, -0.2) is 0 Å². The molecule has 4 heteroatoms. The molecule has 0 radical (unpaired) electrons. The molecule has 0 aromatic heterocycles. The van der Waals surface area contributed by atoms with E-state index in [2.05, 4.69) is 19.2 Å². The maximum absolute atomic E-state index is 12.0. The zero-order chi connectivity index (χ0) is 13.8. The fourth-order valence-corrected chi connectivity index (χ4v) is 2.38. The Morgan fingerprint density at radius 2 is 2.21 bits per heavy atom. The summed E-state index contributed by atoms with van der Waals surface area (Å²) in [6.45, 7) is 5.51. The third kappa shape index (κ3) is 2.89. The summed E-state index contributed by atoms with van der Waals surface area (Å²) in [5.74, 6) is 1.49. The highest BCUT2D eigenvalue weighted by Gasteiger charge is 2.33. The summed E-state index contributed by atoms with van der Waals surface area (Å²) >= 11 is 0. The van der Waals surface area contributed by atoms with Crippen molar-refractivity contribution in [3.63, 3.8) is 0 Å². The number of amides is 1. The van der Waals surface area contributed by atoms with Gasteiger partial charge in [-0.15, -0.1) is 0 Å². The smallest absolute Gasteiger partial charge is 0.238 e. The van der Waals surface area contributed by atoms with Crippen molar-refractivity contribution in [1.82, 2.24) is 10.2 Å². The van der Waals surface area contributed by atoms with Gasteiger partial charge in [0.1, 0.15) is 11.9 Å². The first-order chi connectivity index (χ1) is 9.17. The lowest BCUT2D eigenvalue weighted by Crippen LogP contribution is -2.34. The topological polar surface area (TPSA) is 41.6 Å². The molecule has 0 saturated carbocycles. The largest absolute Gasteiger partial charge is 0.496 e. The molecule has 1 heterocycles. The van der Waals surface area contributed by atoms with Crippen LogP contribution in [0.4, 0.5) is 0 Å². The van der Waals surface area contributed by atoms with Gasteiger partial charge in [0, 0.05) is 12.1 Å². The molecule has 0 aliphatic carbocycles. The van der Waals surface area contributed by atoms with E-state index in [1.54, 1.807) is 7.11 Å². The molecule has 1 N–H and O–H groups in total. The van der Waals surface area contributed by atoms with Crippen LogP contribution in [0.25, 0.3) is 0 Å². The molecule has 1 saturated heterocycles. The minimum absolute atomic E-state index is 0.0716. The number of carbonyl (C=O) groups excluding carboxylic acids is 1. The number of rotatable bonds is 5. The zero-order valence-electron chi connectivity index (χ0n) is 11.8. The second kappa shape index (κ2) is 6.06. The van der Waals surface area contributed by atoms with Crippen LogP contribution in [0, 0.1) is 5.92 Å². The van der Waals surface area contributed by atoms with Gasteiger partial charge < -0.3 is 9.64 Å². The van der Waals surface area contributed by atoms with E-state index in [9.17, 15) is 4.79 Å². The fraction of sp³-hybridized carbons (Fsp3) is 0.533. The van der Waals surface area contributed by atoms with Crippen molar-refractivity contribution in [1.29, 1.82) is 0 Å². The minimum Gasteiger partial charge on any atom is -0.496 e. The Morgan fingerprint density at radius 3 is 2.89 bits per heavy atom. The monoisotopic (exact) mass is 262 g/mol. The van der Waals surface area contributed by atoms with Gasteiger partial charge in [0.25, 0.3) is 0 Å². The first-order valence-electron chi connectivity index (χ1n) is 6.83. The van der Waals surface area contributed by atoms with Crippen molar-refractivity contribution in [2.75, 3.05) is 20.2 Å².